The van der Waals surface area contributed by atoms with Gasteiger partial charge in [0.25, 0.3) is 0 Å². The van der Waals surface area contributed by atoms with Crippen LogP contribution in [0.15, 0.2) is 18.2 Å². The number of carbonyl (C=O) groups is 2. The third-order valence-corrected chi connectivity index (χ3v) is 2.55. The highest BCUT2D eigenvalue weighted by molar-refractivity contribution is 5.94. The van der Waals surface area contributed by atoms with E-state index in [0.29, 0.717) is 12.2 Å². The molecule has 5 nitrogen and oxygen atoms in total. The van der Waals surface area contributed by atoms with Crippen LogP contribution in [0.4, 0.5) is 4.79 Å². The number of aryl methyl sites for hydroxylation is 1. The van der Waals surface area contributed by atoms with E-state index in [2.05, 4.69) is 4.98 Å². The van der Waals surface area contributed by atoms with Crippen LogP contribution in [0, 0.1) is 6.92 Å². The minimum absolute atomic E-state index is 0.0795. The Bertz CT molecular complexity index is 492. The van der Waals surface area contributed by atoms with Gasteiger partial charge in [0.15, 0.2) is 5.78 Å². The van der Waals surface area contributed by atoms with Crippen molar-refractivity contribution in [1.29, 1.82) is 0 Å². The van der Waals surface area contributed by atoms with E-state index in [-0.39, 0.29) is 12.2 Å². The third kappa shape index (κ3) is 5.38. The lowest BCUT2D eigenvalue weighted by Crippen LogP contribution is -2.35. The average molecular weight is 278 g/mol. The summed E-state index contributed by atoms with van der Waals surface area (Å²) in [6.45, 7) is 7.56. The molecule has 0 spiro atoms. The lowest BCUT2D eigenvalue weighted by molar-refractivity contribution is 0.0298. The Hall–Kier alpha value is -1.91. The van der Waals surface area contributed by atoms with Gasteiger partial charge in [-0.25, -0.2) is 4.79 Å². The first-order valence-electron chi connectivity index (χ1n) is 6.60. The maximum atomic E-state index is 12.0. The molecule has 5 heteroatoms. The molecule has 0 aliphatic carbocycles. The zero-order valence-corrected chi connectivity index (χ0v) is 12.8. The van der Waals surface area contributed by atoms with Crippen LogP contribution >= 0.6 is 0 Å². The lowest BCUT2D eigenvalue weighted by Gasteiger charge is -2.24. The number of carbonyl (C=O) groups excluding carboxylic acids is 2. The van der Waals surface area contributed by atoms with E-state index in [1.54, 1.807) is 40.0 Å². The predicted molar refractivity (Wildman–Crippen MR) is 76.8 cm³/mol. The molecule has 20 heavy (non-hydrogen) atoms. The summed E-state index contributed by atoms with van der Waals surface area (Å²) in [5.74, 6) is -0.0795. The molecule has 0 saturated heterocycles. The molecule has 0 aliphatic heterocycles. The molecule has 1 amide bonds. The molecule has 0 aliphatic rings. The van der Waals surface area contributed by atoms with Crippen molar-refractivity contribution in [2.24, 2.45) is 0 Å². The SMILES string of the molecule is Cc1cccc(C(=O)CCN(C)C(=O)OC(C)(C)C)n1. The average Bonchev–Trinajstić information content (AvgIpc) is 2.33. The number of amides is 1. The highest BCUT2D eigenvalue weighted by atomic mass is 16.6. The molecular formula is C15H22N2O3. The molecule has 0 fully saturated rings. The van der Waals surface area contributed by atoms with E-state index in [4.69, 9.17) is 4.74 Å². The Balaban J connectivity index is 2.50. The molecule has 1 heterocycles. The van der Waals surface area contributed by atoms with Crippen LogP contribution in [0.5, 0.6) is 0 Å². The van der Waals surface area contributed by atoms with Crippen molar-refractivity contribution in [3.8, 4) is 0 Å². The van der Waals surface area contributed by atoms with Crippen molar-refractivity contribution in [3.05, 3.63) is 29.6 Å². The molecule has 0 bridgehead atoms. The number of aromatic nitrogens is 1. The first-order chi connectivity index (χ1) is 9.19. The molecular weight excluding hydrogens is 256 g/mol. The van der Waals surface area contributed by atoms with E-state index in [0.717, 1.165) is 5.69 Å². The summed E-state index contributed by atoms with van der Waals surface area (Å²) in [5.41, 5.74) is 0.701. The van der Waals surface area contributed by atoms with Gasteiger partial charge in [-0.2, -0.15) is 0 Å². The molecule has 110 valence electrons. The van der Waals surface area contributed by atoms with Gasteiger partial charge in [0, 0.05) is 25.7 Å². The number of nitrogens with zero attached hydrogens (tertiary/aromatic N) is 2. The predicted octanol–water partition coefficient (Wildman–Crippen LogP) is 2.83. The fraction of sp³-hybridized carbons (Fsp3) is 0.533. The molecule has 1 aromatic heterocycles. The van der Waals surface area contributed by atoms with Crippen LogP contribution in [0.25, 0.3) is 0 Å². The first-order valence-corrected chi connectivity index (χ1v) is 6.60. The van der Waals surface area contributed by atoms with Crippen LogP contribution in [0.2, 0.25) is 0 Å². The van der Waals surface area contributed by atoms with Gasteiger partial charge in [0.2, 0.25) is 0 Å². The van der Waals surface area contributed by atoms with E-state index in [1.165, 1.54) is 4.90 Å². The quantitative estimate of drug-likeness (QED) is 0.795. The van der Waals surface area contributed by atoms with Gasteiger partial charge >= 0.3 is 6.09 Å². The Morgan fingerprint density at radius 3 is 2.50 bits per heavy atom. The number of hydrogen-bond acceptors (Lipinski definition) is 4. The second-order valence-corrected chi connectivity index (χ2v) is 5.74. The van der Waals surface area contributed by atoms with E-state index in [9.17, 15) is 9.59 Å². The Morgan fingerprint density at radius 2 is 1.95 bits per heavy atom. The van der Waals surface area contributed by atoms with E-state index in [1.807, 2.05) is 13.0 Å². The van der Waals surface area contributed by atoms with Crippen molar-refractivity contribution in [1.82, 2.24) is 9.88 Å². The number of hydrogen-bond donors (Lipinski definition) is 0. The van der Waals surface area contributed by atoms with Crippen LogP contribution < -0.4 is 0 Å². The zero-order valence-electron chi connectivity index (χ0n) is 12.8. The van der Waals surface area contributed by atoms with Gasteiger partial charge in [-0.05, 0) is 39.8 Å². The Labute approximate surface area is 119 Å². The smallest absolute Gasteiger partial charge is 0.410 e. The molecule has 1 rings (SSSR count). The molecule has 0 aromatic carbocycles. The van der Waals surface area contributed by atoms with Gasteiger partial charge in [-0.3, -0.25) is 9.78 Å². The van der Waals surface area contributed by atoms with E-state index < -0.39 is 11.7 Å². The van der Waals surface area contributed by atoms with Crippen LogP contribution in [-0.2, 0) is 4.74 Å². The maximum Gasteiger partial charge on any atom is 0.410 e. The fourth-order valence-corrected chi connectivity index (χ4v) is 1.53. The summed E-state index contributed by atoms with van der Waals surface area (Å²) in [6, 6.07) is 5.32. The van der Waals surface area contributed by atoms with Crippen LogP contribution in [0.3, 0.4) is 0 Å². The van der Waals surface area contributed by atoms with Crippen LogP contribution in [0.1, 0.15) is 43.4 Å². The molecule has 0 radical (unpaired) electrons. The Kier molecular flexibility index (Phi) is 5.25. The Morgan fingerprint density at radius 1 is 1.30 bits per heavy atom. The largest absolute Gasteiger partial charge is 0.444 e. The van der Waals surface area contributed by atoms with Gasteiger partial charge in [-0.15, -0.1) is 0 Å². The second-order valence-electron chi connectivity index (χ2n) is 5.74. The van der Waals surface area contributed by atoms with Crippen molar-refractivity contribution < 1.29 is 14.3 Å². The summed E-state index contributed by atoms with van der Waals surface area (Å²) in [5, 5.41) is 0. The normalized spacial score (nSPS) is 11.1. The summed E-state index contributed by atoms with van der Waals surface area (Å²) in [6.07, 6.45) is -0.200. The topological polar surface area (TPSA) is 59.5 Å². The molecule has 0 saturated carbocycles. The molecule has 0 unspecified atom stereocenters. The van der Waals surface area contributed by atoms with Crippen LogP contribution in [-0.4, -0.2) is 41.0 Å². The number of ether oxygens (including phenoxy) is 1. The highest BCUT2D eigenvalue weighted by Crippen LogP contribution is 2.10. The second kappa shape index (κ2) is 6.50. The molecule has 0 N–H and O–H groups in total. The van der Waals surface area contributed by atoms with Crippen molar-refractivity contribution in [3.63, 3.8) is 0 Å². The maximum absolute atomic E-state index is 12.0. The van der Waals surface area contributed by atoms with Gasteiger partial charge < -0.3 is 9.64 Å². The number of rotatable bonds is 4. The zero-order chi connectivity index (χ0) is 15.3. The standard InChI is InChI=1S/C15H22N2O3/c1-11-7-6-8-12(16-11)13(18)9-10-17(5)14(19)20-15(2,3)4/h6-8H,9-10H2,1-5H3. The minimum atomic E-state index is -0.534. The molecule has 0 atom stereocenters. The summed E-state index contributed by atoms with van der Waals surface area (Å²) >= 11 is 0. The van der Waals surface area contributed by atoms with Crippen molar-refractivity contribution in [2.45, 2.75) is 39.7 Å². The first kappa shape index (κ1) is 16.1. The van der Waals surface area contributed by atoms with Gasteiger partial charge in [-0.1, -0.05) is 6.07 Å². The summed E-state index contributed by atoms with van der Waals surface area (Å²) in [4.78, 5) is 29.3. The number of ketones is 1. The highest BCUT2D eigenvalue weighted by Gasteiger charge is 2.20. The monoisotopic (exact) mass is 278 g/mol. The summed E-state index contributed by atoms with van der Waals surface area (Å²) in [7, 11) is 1.62. The third-order valence-electron chi connectivity index (χ3n) is 2.55. The van der Waals surface area contributed by atoms with Crippen molar-refractivity contribution in [2.75, 3.05) is 13.6 Å². The van der Waals surface area contributed by atoms with Crippen molar-refractivity contribution >= 4 is 11.9 Å². The van der Waals surface area contributed by atoms with E-state index >= 15 is 0 Å². The minimum Gasteiger partial charge on any atom is -0.444 e. The number of pyridine rings is 1. The lowest BCUT2D eigenvalue weighted by atomic mass is 10.2. The van der Waals surface area contributed by atoms with Gasteiger partial charge in [0.05, 0.1) is 0 Å². The fourth-order valence-electron chi connectivity index (χ4n) is 1.53. The summed E-state index contributed by atoms with van der Waals surface area (Å²) < 4.78 is 5.22. The van der Waals surface area contributed by atoms with Gasteiger partial charge in [0.1, 0.15) is 11.3 Å². The number of Topliss-reactive ketones (excluding diaryl/α,β-unsaturated/α-hetero) is 1. The molecule has 1 aromatic rings.